The number of ether oxygens (including phenoxy) is 1. The molecule has 1 aliphatic rings. The Balaban J connectivity index is 2.29. The van der Waals surface area contributed by atoms with Gasteiger partial charge < -0.3 is 21.1 Å². The van der Waals surface area contributed by atoms with Gasteiger partial charge in [0.1, 0.15) is 0 Å². The van der Waals surface area contributed by atoms with E-state index < -0.39 is 5.91 Å². The zero-order chi connectivity index (χ0) is 14.0. The van der Waals surface area contributed by atoms with Crippen molar-refractivity contribution in [2.75, 3.05) is 30.8 Å². The highest BCUT2D eigenvalue weighted by molar-refractivity contribution is 5.99. The summed E-state index contributed by atoms with van der Waals surface area (Å²) in [5.41, 5.74) is 13.0. The van der Waals surface area contributed by atoms with Crippen LogP contribution < -0.4 is 16.4 Å². The van der Waals surface area contributed by atoms with E-state index in [9.17, 15) is 4.79 Å². The molecular formula is C14H21N3O2. The second-order valence-corrected chi connectivity index (χ2v) is 5.13. The number of nitrogen functional groups attached to an aromatic ring is 1. The number of methoxy groups -OCH3 is 1. The number of anilines is 2. The van der Waals surface area contributed by atoms with Crippen LogP contribution >= 0.6 is 0 Å². The van der Waals surface area contributed by atoms with Crippen molar-refractivity contribution in [1.29, 1.82) is 0 Å². The first-order valence-electron chi connectivity index (χ1n) is 6.50. The summed E-state index contributed by atoms with van der Waals surface area (Å²) in [6.07, 6.45) is 1.20. The number of carbonyl (C=O) groups excluding carboxylic acids is 1. The van der Waals surface area contributed by atoms with Crippen LogP contribution in [0.2, 0.25) is 0 Å². The fraction of sp³-hybridized carbons (Fsp3) is 0.500. The monoisotopic (exact) mass is 263 g/mol. The first-order chi connectivity index (χ1) is 9.02. The minimum absolute atomic E-state index is 0.173. The smallest absolute Gasteiger partial charge is 0.250 e. The van der Waals surface area contributed by atoms with Crippen molar-refractivity contribution in [1.82, 2.24) is 0 Å². The molecule has 1 amide bonds. The van der Waals surface area contributed by atoms with Crippen LogP contribution in [-0.4, -0.2) is 32.2 Å². The van der Waals surface area contributed by atoms with Crippen LogP contribution in [0.1, 0.15) is 23.7 Å². The minimum Gasteiger partial charge on any atom is -0.399 e. The molecule has 104 valence electrons. The van der Waals surface area contributed by atoms with E-state index >= 15 is 0 Å². The van der Waals surface area contributed by atoms with E-state index in [4.69, 9.17) is 16.2 Å². The van der Waals surface area contributed by atoms with Crippen LogP contribution in [0.3, 0.4) is 0 Å². The van der Waals surface area contributed by atoms with E-state index in [0.717, 1.165) is 25.2 Å². The molecule has 1 aromatic rings. The molecule has 2 rings (SSSR count). The maximum absolute atomic E-state index is 11.5. The van der Waals surface area contributed by atoms with Crippen LogP contribution in [0, 0.1) is 5.92 Å². The summed E-state index contributed by atoms with van der Waals surface area (Å²) in [5, 5.41) is 0. The van der Waals surface area contributed by atoms with Crippen LogP contribution in [0.4, 0.5) is 11.4 Å². The van der Waals surface area contributed by atoms with E-state index in [1.54, 1.807) is 19.2 Å². The average Bonchev–Trinajstić information content (AvgIpc) is 2.39. The lowest BCUT2D eigenvalue weighted by Gasteiger charge is -2.38. The van der Waals surface area contributed by atoms with Crippen molar-refractivity contribution in [3.8, 4) is 0 Å². The standard InChI is InChI=1S/C14H21N3O2/c1-9-5-6-17(8-13(9)19-2)12-4-3-10(15)7-11(12)14(16)18/h3-4,7,9,13H,5-6,8,15H2,1-2H3,(H2,16,18). The van der Waals surface area contributed by atoms with Gasteiger partial charge in [0.25, 0.3) is 5.91 Å². The molecule has 4 N–H and O–H groups in total. The van der Waals surface area contributed by atoms with E-state index in [-0.39, 0.29) is 6.10 Å². The van der Waals surface area contributed by atoms with Gasteiger partial charge >= 0.3 is 0 Å². The highest BCUT2D eigenvalue weighted by atomic mass is 16.5. The molecule has 1 saturated heterocycles. The highest BCUT2D eigenvalue weighted by Crippen LogP contribution is 2.28. The fourth-order valence-electron chi connectivity index (χ4n) is 2.59. The number of nitrogens with two attached hydrogens (primary N) is 2. The molecule has 1 fully saturated rings. The van der Waals surface area contributed by atoms with Crippen LogP contribution in [-0.2, 0) is 4.74 Å². The fourth-order valence-corrected chi connectivity index (χ4v) is 2.59. The number of primary amides is 1. The quantitative estimate of drug-likeness (QED) is 0.804. The van der Waals surface area contributed by atoms with Crippen LogP contribution in [0.5, 0.6) is 0 Å². The summed E-state index contributed by atoms with van der Waals surface area (Å²) < 4.78 is 5.50. The van der Waals surface area contributed by atoms with Gasteiger partial charge in [0.05, 0.1) is 11.7 Å². The zero-order valence-electron chi connectivity index (χ0n) is 11.4. The maximum atomic E-state index is 11.5. The molecule has 2 atom stereocenters. The van der Waals surface area contributed by atoms with Gasteiger partial charge in [-0.2, -0.15) is 0 Å². The Kier molecular flexibility index (Phi) is 3.95. The molecule has 0 bridgehead atoms. The van der Waals surface area contributed by atoms with Crippen molar-refractivity contribution in [3.05, 3.63) is 23.8 Å². The Hall–Kier alpha value is -1.75. The normalized spacial score (nSPS) is 23.4. The molecule has 0 saturated carbocycles. The van der Waals surface area contributed by atoms with Crippen LogP contribution in [0.15, 0.2) is 18.2 Å². The molecule has 1 heterocycles. The number of benzene rings is 1. The largest absolute Gasteiger partial charge is 0.399 e. The van der Waals surface area contributed by atoms with Crippen molar-refractivity contribution in [2.24, 2.45) is 11.7 Å². The number of piperidine rings is 1. The molecule has 0 radical (unpaired) electrons. The van der Waals surface area contributed by atoms with Gasteiger partial charge in [-0.1, -0.05) is 6.92 Å². The summed E-state index contributed by atoms with van der Waals surface area (Å²) in [6.45, 7) is 3.84. The topological polar surface area (TPSA) is 81.6 Å². The molecule has 0 aliphatic carbocycles. The highest BCUT2D eigenvalue weighted by Gasteiger charge is 2.27. The zero-order valence-corrected chi connectivity index (χ0v) is 11.4. The predicted octanol–water partition coefficient (Wildman–Crippen LogP) is 1.23. The Morgan fingerprint density at radius 1 is 1.47 bits per heavy atom. The Bertz CT molecular complexity index is 476. The summed E-state index contributed by atoms with van der Waals surface area (Å²) >= 11 is 0. The molecule has 1 aromatic carbocycles. The number of amides is 1. The number of nitrogens with zero attached hydrogens (tertiary/aromatic N) is 1. The third-order valence-corrected chi connectivity index (χ3v) is 3.82. The van der Waals surface area contributed by atoms with Crippen molar-refractivity contribution in [3.63, 3.8) is 0 Å². The van der Waals surface area contributed by atoms with Crippen molar-refractivity contribution in [2.45, 2.75) is 19.4 Å². The van der Waals surface area contributed by atoms with Gasteiger partial charge in [-0.3, -0.25) is 4.79 Å². The molecule has 1 aliphatic heterocycles. The Labute approximate surface area is 113 Å². The van der Waals surface area contributed by atoms with Gasteiger partial charge in [-0.25, -0.2) is 0 Å². The lowest BCUT2D eigenvalue weighted by Crippen LogP contribution is -2.44. The number of rotatable bonds is 3. The summed E-state index contributed by atoms with van der Waals surface area (Å²) in [5.74, 6) is 0.0712. The first-order valence-corrected chi connectivity index (χ1v) is 6.50. The minimum atomic E-state index is -0.449. The van der Waals surface area contributed by atoms with E-state index in [2.05, 4.69) is 11.8 Å². The summed E-state index contributed by atoms with van der Waals surface area (Å²) in [4.78, 5) is 13.7. The summed E-state index contributed by atoms with van der Waals surface area (Å²) in [6, 6.07) is 5.29. The molecular weight excluding hydrogens is 242 g/mol. The lowest BCUT2D eigenvalue weighted by molar-refractivity contribution is 0.0498. The maximum Gasteiger partial charge on any atom is 0.250 e. The second-order valence-electron chi connectivity index (χ2n) is 5.13. The van der Waals surface area contributed by atoms with Gasteiger partial charge in [-0.05, 0) is 30.5 Å². The van der Waals surface area contributed by atoms with Crippen LogP contribution in [0.25, 0.3) is 0 Å². The molecule has 5 heteroatoms. The SMILES string of the molecule is COC1CN(c2ccc(N)cc2C(N)=O)CCC1C. The molecule has 19 heavy (non-hydrogen) atoms. The van der Waals surface area contributed by atoms with E-state index in [1.807, 2.05) is 6.07 Å². The third-order valence-electron chi connectivity index (χ3n) is 3.82. The number of carbonyl (C=O) groups is 1. The van der Waals surface area contributed by atoms with Gasteiger partial charge in [0, 0.05) is 31.6 Å². The average molecular weight is 263 g/mol. The number of hydrogen-bond acceptors (Lipinski definition) is 4. The Morgan fingerprint density at radius 2 is 2.21 bits per heavy atom. The van der Waals surface area contributed by atoms with Gasteiger partial charge in [-0.15, -0.1) is 0 Å². The van der Waals surface area contributed by atoms with E-state index in [1.165, 1.54) is 0 Å². The van der Waals surface area contributed by atoms with Crippen molar-refractivity contribution >= 4 is 17.3 Å². The second kappa shape index (κ2) is 5.48. The molecule has 2 unspecified atom stereocenters. The van der Waals surface area contributed by atoms with Gasteiger partial charge in [0.15, 0.2) is 0 Å². The summed E-state index contributed by atoms with van der Waals surface area (Å²) in [7, 11) is 1.72. The van der Waals surface area contributed by atoms with Gasteiger partial charge in [0.2, 0.25) is 0 Å². The number of hydrogen-bond donors (Lipinski definition) is 2. The van der Waals surface area contributed by atoms with E-state index in [0.29, 0.717) is 17.2 Å². The molecule has 5 nitrogen and oxygen atoms in total. The Morgan fingerprint density at radius 3 is 2.84 bits per heavy atom. The third kappa shape index (κ3) is 2.81. The first kappa shape index (κ1) is 13.7. The predicted molar refractivity (Wildman–Crippen MR) is 76.2 cm³/mol. The molecule has 0 aromatic heterocycles. The molecule has 0 spiro atoms. The lowest BCUT2D eigenvalue weighted by atomic mass is 9.94. The van der Waals surface area contributed by atoms with Crippen molar-refractivity contribution < 1.29 is 9.53 Å².